The molecule has 1 aliphatic rings. The Balaban J connectivity index is 2.14. The Kier molecular flexibility index (Phi) is 3.77. The Morgan fingerprint density at radius 3 is 2.10 bits per heavy atom. The van der Waals surface area contributed by atoms with Gasteiger partial charge in [0, 0.05) is 19.8 Å². The highest BCUT2D eigenvalue weighted by atomic mass is 32.2. The van der Waals surface area contributed by atoms with Gasteiger partial charge in [0.1, 0.15) is 5.41 Å². The highest BCUT2D eigenvalue weighted by Crippen LogP contribution is 2.46. The van der Waals surface area contributed by atoms with E-state index in [1.807, 2.05) is 0 Å². The van der Waals surface area contributed by atoms with E-state index < -0.39 is 27.3 Å². The summed E-state index contributed by atoms with van der Waals surface area (Å²) < 4.78 is 24.9. The molecule has 8 heteroatoms. The van der Waals surface area contributed by atoms with Crippen LogP contribution >= 0.6 is 0 Å². The Hall–Kier alpha value is -1.93. The van der Waals surface area contributed by atoms with Gasteiger partial charge in [-0.15, -0.1) is 0 Å². The number of carbonyl (C=O) groups excluding carboxylic acids is 1. The largest absolute Gasteiger partial charge is 0.480 e. The van der Waals surface area contributed by atoms with Crippen molar-refractivity contribution >= 4 is 27.6 Å². The summed E-state index contributed by atoms with van der Waals surface area (Å²) in [5, 5.41) is 11.5. The lowest BCUT2D eigenvalue weighted by Crippen LogP contribution is -2.31. The van der Waals surface area contributed by atoms with E-state index in [0.717, 1.165) is 4.31 Å². The standard InChI is InChI=1S/C13H16N2O5S/c1-15(2)21(19,20)10-5-3-9(4-6-10)14-11(16)13(7-8-13)12(17)18/h3-6H,7-8H2,1-2H3,(H,14,16)(H,17,18). The minimum absolute atomic E-state index is 0.102. The van der Waals surface area contributed by atoms with Crippen LogP contribution in [-0.2, 0) is 19.6 Å². The van der Waals surface area contributed by atoms with Crippen LogP contribution in [0.15, 0.2) is 29.2 Å². The lowest BCUT2D eigenvalue weighted by molar-refractivity contribution is -0.147. The summed E-state index contributed by atoms with van der Waals surface area (Å²) in [5.74, 6) is -1.70. The third-order valence-electron chi connectivity index (χ3n) is 3.48. The van der Waals surface area contributed by atoms with Crippen LogP contribution in [0.1, 0.15) is 12.8 Å². The number of carbonyl (C=O) groups is 2. The van der Waals surface area contributed by atoms with Crippen LogP contribution < -0.4 is 5.32 Å². The normalized spacial score (nSPS) is 16.5. The molecular weight excluding hydrogens is 296 g/mol. The molecule has 1 aromatic rings. The van der Waals surface area contributed by atoms with Gasteiger partial charge in [0.15, 0.2) is 0 Å². The van der Waals surface area contributed by atoms with Crippen LogP contribution in [-0.4, -0.2) is 43.8 Å². The molecule has 1 fully saturated rings. The average Bonchev–Trinajstić information content (AvgIpc) is 3.20. The minimum atomic E-state index is -3.53. The summed E-state index contributed by atoms with van der Waals surface area (Å²) in [5.41, 5.74) is -0.959. The topological polar surface area (TPSA) is 104 Å². The summed E-state index contributed by atoms with van der Waals surface area (Å²) in [6, 6.07) is 5.61. The molecule has 0 bridgehead atoms. The molecule has 1 aromatic carbocycles. The smallest absolute Gasteiger partial charge is 0.319 e. The third-order valence-corrected chi connectivity index (χ3v) is 5.31. The van der Waals surface area contributed by atoms with Gasteiger partial charge in [-0.05, 0) is 37.1 Å². The number of nitrogens with zero attached hydrogens (tertiary/aromatic N) is 1. The van der Waals surface area contributed by atoms with E-state index in [1.165, 1.54) is 38.4 Å². The predicted octanol–water partition coefficient (Wildman–Crippen LogP) is 0.740. The summed E-state index contributed by atoms with van der Waals surface area (Å²) in [6.07, 6.45) is 0.641. The maximum Gasteiger partial charge on any atom is 0.319 e. The molecule has 0 saturated heterocycles. The summed E-state index contributed by atoms with van der Waals surface area (Å²) in [4.78, 5) is 23.0. The maximum atomic E-state index is 11.9. The number of carboxylic acids is 1. The van der Waals surface area contributed by atoms with E-state index in [1.54, 1.807) is 0 Å². The Labute approximate surface area is 122 Å². The number of benzene rings is 1. The fraction of sp³-hybridized carbons (Fsp3) is 0.385. The number of hydrogen-bond donors (Lipinski definition) is 2. The Morgan fingerprint density at radius 2 is 1.71 bits per heavy atom. The number of sulfonamides is 1. The van der Waals surface area contributed by atoms with Gasteiger partial charge < -0.3 is 10.4 Å². The van der Waals surface area contributed by atoms with E-state index in [4.69, 9.17) is 5.11 Å². The van der Waals surface area contributed by atoms with Crippen LogP contribution in [0.3, 0.4) is 0 Å². The molecule has 2 N–H and O–H groups in total. The summed E-state index contributed by atoms with van der Waals surface area (Å²) >= 11 is 0. The molecule has 0 aromatic heterocycles. The van der Waals surface area contributed by atoms with Crippen molar-refractivity contribution in [3.05, 3.63) is 24.3 Å². The first-order valence-electron chi connectivity index (χ1n) is 6.27. The third kappa shape index (κ3) is 2.77. The second-order valence-electron chi connectivity index (χ2n) is 5.15. The molecule has 0 heterocycles. The van der Waals surface area contributed by atoms with Crippen LogP contribution in [0.5, 0.6) is 0 Å². The lowest BCUT2D eigenvalue weighted by Gasteiger charge is -2.13. The van der Waals surface area contributed by atoms with Gasteiger partial charge in [0.2, 0.25) is 15.9 Å². The first-order valence-corrected chi connectivity index (χ1v) is 7.71. The molecule has 0 spiro atoms. The number of anilines is 1. The number of carboxylic acid groups (broad SMARTS) is 1. The van der Waals surface area contributed by atoms with Crippen LogP contribution in [0.4, 0.5) is 5.69 Å². The number of nitrogens with one attached hydrogen (secondary N) is 1. The Morgan fingerprint density at radius 1 is 1.19 bits per heavy atom. The molecule has 0 atom stereocenters. The van der Waals surface area contributed by atoms with E-state index in [9.17, 15) is 18.0 Å². The Bertz CT molecular complexity index is 675. The van der Waals surface area contributed by atoms with Crippen molar-refractivity contribution in [3.63, 3.8) is 0 Å². The van der Waals surface area contributed by atoms with Crippen molar-refractivity contribution < 1.29 is 23.1 Å². The molecule has 1 amide bonds. The summed E-state index contributed by atoms with van der Waals surface area (Å²) in [6.45, 7) is 0. The SMILES string of the molecule is CN(C)S(=O)(=O)c1ccc(NC(=O)C2(C(=O)O)CC2)cc1. The zero-order chi connectivity index (χ0) is 15.8. The van der Waals surface area contributed by atoms with E-state index in [2.05, 4.69) is 5.32 Å². The molecule has 2 rings (SSSR count). The van der Waals surface area contributed by atoms with Gasteiger partial charge in [-0.1, -0.05) is 0 Å². The molecule has 0 aliphatic heterocycles. The fourth-order valence-corrected chi connectivity index (χ4v) is 2.74. The molecule has 1 saturated carbocycles. The molecule has 7 nitrogen and oxygen atoms in total. The first-order chi connectivity index (χ1) is 9.70. The van der Waals surface area contributed by atoms with Crippen LogP contribution in [0, 0.1) is 5.41 Å². The van der Waals surface area contributed by atoms with Crippen LogP contribution in [0.2, 0.25) is 0 Å². The van der Waals surface area contributed by atoms with Crippen molar-refractivity contribution in [2.45, 2.75) is 17.7 Å². The minimum Gasteiger partial charge on any atom is -0.480 e. The van der Waals surface area contributed by atoms with E-state index >= 15 is 0 Å². The van der Waals surface area contributed by atoms with Gasteiger partial charge >= 0.3 is 5.97 Å². The van der Waals surface area contributed by atoms with Gasteiger partial charge in [0.25, 0.3) is 0 Å². The van der Waals surface area contributed by atoms with E-state index in [0.29, 0.717) is 18.5 Å². The highest BCUT2D eigenvalue weighted by molar-refractivity contribution is 7.89. The lowest BCUT2D eigenvalue weighted by atomic mass is 10.1. The second-order valence-corrected chi connectivity index (χ2v) is 7.31. The van der Waals surface area contributed by atoms with Gasteiger partial charge in [-0.2, -0.15) is 0 Å². The molecule has 114 valence electrons. The molecule has 1 aliphatic carbocycles. The number of hydrogen-bond acceptors (Lipinski definition) is 4. The monoisotopic (exact) mass is 312 g/mol. The van der Waals surface area contributed by atoms with Gasteiger partial charge in [-0.3, -0.25) is 9.59 Å². The second kappa shape index (κ2) is 5.12. The zero-order valence-corrected chi connectivity index (χ0v) is 12.5. The number of rotatable bonds is 5. The number of amides is 1. The van der Waals surface area contributed by atoms with Crippen molar-refractivity contribution in [1.82, 2.24) is 4.31 Å². The molecule has 0 radical (unpaired) electrons. The van der Waals surface area contributed by atoms with Crippen molar-refractivity contribution in [2.75, 3.05) is 19.4 Å². The molecule has 21 heavy (non-hydrogen) atoms. The van der Waals surface area contributed by atoms with Crippen molar-refractivity contribution in [3.8, 4) is 0 Å². The first kappa shape index (κ1) is 15.5. The average molecular weight is 312 g/mol. The number of aliphatic carboxylic acids is 1. The predicted molar refractivity (Wildman–Crippen MR) is 75.2 cm³/mol. The molecular formula is C13H16N2O5S. The molecule has 0 unspecified atom stereocenters. The quantitative estimate of drug-likeness (QED) is 0.780. The fourth-order valence-electron chi connectivity index (χ4n) is 1.83. The maximum absolute atomic E-state index is 11.9. The van der Waals surface area contributed by atoms with Gasteiger partial charge in [0.05, 0.1) is 4.90 Å². The van der Waals surface area contributed by atoms with Crippen molar-refractivity contribution in [2.24, 2.45) is 5.41 Å². The van der Waals surface area contributed by atoms with Gasteiger partial charge in [-0.25, -0.2) is 12.7 Å². The van der Waals surface area contributed by atoms with Crippen molar-refractivity contribution in [1.29, 1.82) is 0 Å². The van der Waals surface area contributed by atoms with E-state index in [-0.39, 0.29) is 4.90 Å². The zero-order valence-electron chi connectivity index (χ0n) is 11.7. The van der Waals surface area contributed by atoms with Crippen LogP contribution in [0.25, 0.3) is 0 Å². The highest BCUT2D eigenvalue weighted by Gasteiger charge is 2.57. The summed E-state index contributed by atoms with van der Waals surface area (Å²) in [7, 11) is -0.674.